The fourth-order valence-corrected chi connectivity index (χ4v) is 6.21. The van der Waals surface area contributed by atoms with E-state index in [1.54, 1.807) is 16.8 Å². The van der Waals surface area contributed by atoms with Gasteiger partial charge in [-0.15, -0.1) is 4.28 Å². The van der Waals surface area contributed by atoms with Crippen LogP contribution in [0.4, 0.5) is 11.4 Å². The smallest absolute Gasteiger partial charge is 0.202 e. The van der Waals surface area contributed by atoms with E-state index in [1.165, 1.54) is 11.1 Å². The highest BCUT2D eigenvalue weighted by molar-refractivity contribution is 7.99. The molecular formula is C24H33NO3S2. The molecule has 0 radical (unpaired) electrons. The van der Waals surface area contributed by atoms with Crippen LogP contribution in [0.15, 0.2) is 40.1 Å². The molecule has 1 aliphatic heterocycles. The summed E-state index contributed by atoms with van der Waals surface area (Å²) in [5.74, 6) is 0.00693. The Hall–Kier alpha value is -1.50. The van der Waals surface area contributed by atoms with Crippen LogP contribution in [0.25, 0.3) is 0 Å². The molecular weight excluding hydrogens is 414 g/mol. The topological polar surface area (TPSA) is 46.6 Å². The van der Waals surface area contributed by atoms with Gasteiger partial charge >= 0.3 is 0 Å². The van der Waals surface area contributed by atoms with Gasteiger partial charge in [-0.2, -0.15) is 8.42 Å². The Morgan fingerprint density at radius 3 is 2.27 bits per heavy atom. The average Bonchev–Trinajstić information content (AvgIpc) is 2.68. The quantitative estimate of drug-likeness (QED) is 0.400. The van der Waals surface area contributed by atoms with Gasteiger partial charge in [0, 0.05) is 9.79 Å². The van der Waals surface area contributed by atoms with Crippen LogP contribution in [0.5, 0.6) is 0 Å². The largest absolute Gasteiger partial charge is 0.288 e. The molecule has 0 saturated heterocycles. The van der Waals surface area contributed by atoms with Crippen molar-refractivity contribution in [3.05, 3.63) is 47.0 Å². The van der Waals surface area contributed by atoms with Crippen LogP contribution in [-0.4, -0.2) is 14.2 Å². The molecule has 0 amide bonds. The molecule has 0 spiro atoms. The van der Waals surface area contributed by atoms with Crippen LogP contribution in [0.1, 0.15) is 70.1 Å². The fourth-order valence-electron chi connectivity index (χ4n) is 3.95. The first kappa shape index (κ1) is 23.2. The number of hydrogen-bond donors (Lipinski definition) is 0. The van der Waals surface area contributed by atoms with Crippen molar-refractivity contribution in [1.29, 1.82) is 0 Å². The average molecular weight is 448 g/mol. The van der Waals surface area contributed by atoms with Crippen molar-refractivity contribution in [2.75, 3.05) is 10.8 Å². The lowest BCUT2D eigenvalue weighted by molar-refractivity contribution is 0.318. The Labute approximate surface area is 186 Å². The third kappa shape index (κ3) is 5.04. The van der Waals surface area contributed by atoms with Gasteiger partial charge in [0.25, 0.3) is 10.1 Å². The van der Waals surface area contributed by atoms with Crippen LogP contribution in [-0.2, 0) is 33.7 Å². The maximum Gasteiger partial charge on any atom is 0.288 e. The van der Waals surface area contributed by atoms with E-state index in [0.29, 0.717) is 6.42 Å². The van der Waals surface area contributed by atoms with Crippen molar-refractivity contribution in [2.24, 2.45) is 0 Å². The van der Waals surface area contributed by atoms with Gasteiger partial charge in [0.2, 0.25) is 0 Å². The summed E-state index contributed by atoms with van der Waals surface area (Å²) < 4.78 is 31.2. The summed E-state index contributed by atoms with van der Waals surface area (Å²) in [5.41, 5.74) is 5.43. The molecule has 4 nitrogen and oxygen atoms in total. The third-order valence-electron chi connectivity index (χ3n) is 5.14. The van der Waals surface area contributed by atoms with Crippen LogP contribution in [0.2, 0.25) is 0 Å². The molecule has 0 saturated carbocycles. The van der Waals surface area contributed by atoms with Gasteiger partial charge in [0.1, 0.15) is 0 Å². The monoisotopic (exact) mass is 447 g/mol. The van der Waals surface area contributed by atoms with E-state index in [1.807, 2.05) is 19.1 Å². The Morgan fingerprint density at radius 2 is 1.60 bits per heavy atom. The summed E-state index contributed by atoms with van der Waals surface area (Å²) in [6.45, 7) is 8.36. The van der Waals surface area contributed by atoms with E-state index in [-0.39, 0.29) is 5.75 Å². The third-order valence-corrected chi connectivity index (χ3v) is 7.63. The van der Waals surface area contributed by atoms with Crippen molar-refractivity contribution >= 4 is 33.3 Å². The lowest BCUT2D eigenvalue weighted by Crippen LogP contribution is -2.28. The number of hydrogen-bond acceptors (Lipinski definition) is 5. The number of rotatable bonds is 10. The lowest BCUT2D eigenvalue weighted by atomic mass is 10.0. The second-order valence-electron chi connectivity index (χ2n) is 7.85. The molecule has 0 bridgehead atoms. The van der Waals surface area contributed by atoms with Gasteiger partial charge in [-0.1, -0.05) is 76.9 Å². The second kappa shape index (κ2) is 10.2. The minimum absolute atomic E-state index is 0.00693. The first-order valence-electron chi connectivity index (χ1n) is 11.1. The zero-order valence-electron chi connectivity index (χ0n) is 18.5. The standard InChI is InChI=1S/C24H33NO3S2/c1-5-10-18-16-20(12-7-3)23-22(17-18)29-24-19(11-6-2)13-9-14-21(24)25(23)28-30(26,27)15-8-4/h9,13-14,16-17H,5-8,10-12,15H2,1-4H3. The molecule has 2 aromatic rings. The molecule has 0 unspecified atom stereocenters. The van der Waals surface area contributed by atoms with Crippen LogP contribution in [0, 0.1) is 0 Å². The zero-order valence-corrected chi connectivity index (χ0v) is 20.2. The van der Waals surface area contributed by atoms with E-state index >= 15 is 0 Å². The normalized spacial score (nSPS) is 13.3. The lowest BCUT2D eigenvalue weighted by Gasteiger charge is -2.34. The minimum Gasteiger partial charge on any atom is -0.202 e. The van der Waals surface area contributed by atoms with Crippen molar-refractivity contribution < 1.29 is 12.7 Å². The van der Waals surface area contributed by atoms with Gasteiger partial charge in [0.15, 0.2) is 0 Å². The zero-order chi connectivity index (χ0) is 21.7. The molecule has 0 fully saturated rings. The molecule has 0 aliphatic carbocycles. The van der Waals surface area contributed by atoms with E-state index in [0.717, 1.165) is 65.3 Å². The SMILES string of the molecule is CCCc1cc(CCC)c2c(c1)Sc1c(CCC)cccc1N2OS(=O)(=O)CCC. The number of aryl methyl sites for hydroxylation is 3. The van der Waals surface area contributed by atoms with E-state index in [9.17, 15) is 8.42 Å². The number of fused-ring (bicyclic) bond motifs is 2. The van der Waals surface area contributed by atoms with Crippen LogP contribution >= 0.6 is 11.8 Å². The van der Waals surface area contributed by atoms with Crippen molar-refractivity contribution in [1.82, 2.24) is 0 Å². The van der Waals surface area contributed by atoms with E-state index < -0.39 is 10.1 Å². The molecule has 6 heteroatoms. The molecule has 2 aromatic carbocycles. The van der Waals surface area contributed by atoms with Crippen molar-refractivity contribution in [3.63, 3.8) is 0 Å². The predicted octanol–water partition coefficient (Wildman–Crippen LogP) is 6.82. The molecule has 1 heterocycles. The molecule has 1 aliphatic rings. The summed E-state index contributed by atoms with van der Waals surface area (Å²) in [6.07, 6.45) is 6.50. The molecule has 164 valence electrons. The van der Waals surface area contributed by atoms with E-state index in [2.05, 4.69) is 39.0 Å². The Morgan fingerprint density at radius 1 is 0.900 bits per heavy atom. The highest BCUT2D eigenvalue weighted by atomic mass is 32.2. The number of benzene rings is 2. The molecule has 3 rings (SSSR count). The maximum atomic E-state index is 12.7. The summed E-state index contributed by atoms with van der Waals surface area (Å²) in [7, 11) is -3.68. The fraction of sp³-hybridized carbons (Fsp3) is 0.500. The summed E-state index contributed by atoms with van der Waals surface area (Å²) in [6, 6.07) is 10.6. The highest BCUT2D eigenvalue weighted by Crippen LogP contribution is 2.52. The summed E-state index contributed by atoms with van der Waals surface area (Å²) in [5, 5.41) is 1.60. The predicted molar refractivity (Wildman–Crippen MR) is 126 cm³/mol. The summed E-state index contributed by atoms with van der Waals surface area (Å²) in [4.78, 5) is 2.20. The molecule has 0 N–H and O–H groups in total. The van der Waals surface area contributed by atoms with Crippen LogP contribution < -0.4 is 5.06 Å². The van der Waals surface area contributed by atoms with E-state index in [4.69, 9.17) is 4.28 Å². The summed E-state index contributed by atoms with van der Waals surface area (Å²) >= 11 is 1.76. The van der Waals surface area contributed by atoms with Gasteiger partial charge in [0.05, 0.1) is 17.1 Å². The molecule has 0 aromatic heterocycles. The van der Waals surface area contributed by atoms with Crippen molar-refractivity contribution in [2.45, 2.75) is 82.4 Å². The highest BCUT2D eigenvalue weighted by Gasteiger charge is 2.32. The van der Waals surface area contributed by atoms with Gasteiger partial charge in [-0.3, -0.25) is 0 Å². The first-order chi connectivity index (χ1) is 14.4. The van der Waals surface area contributed by atoms with Crippen molar-refractivity contribution in [3.8, 4) is 0 Å². The van der Waals surface area contributed by atoms with Crippen LogP contribution in [0.3, 0.4) is 0 Å². The van der Waals surface area contributed by atoms with Gasteiger partial charge in [-0.25, -0.2) is 5.06 Å². The van der Waals surface area contributed by atoms with Gasteiger partial charge < -0.3 is 0 Å². The minimum atomic E-state index is -3.68. The Kier molecular flexibility index (Phi) is 7.88. The first-order valence-corrected chi connectivity index (χ1v) is 13.5. The molecule has 30 heavy (non-hydrogen) atoms. The number of nitrogens with zero attached hydrogens (tertiary/aromatic N) is 1. The Balaban J connectivity index is 2.21. The van der Waals surface area contributed by atoms with Gasteiger partial charge in [-0.05, 0) is 54.5 Å². The molecule has 0 atom stereocenters. The Bertz CT molecular complexity index is 986. The second-order valence-corrected chi connectivity index (χ2v) is 10.6. The number of anilines is 2. The maximum absolute atomic E-state index is 12.7.